The Hall–Kier alpha value is -1.47. The molecule has 176 valence electrons. The molecule has 1 aliphatic heterocycles. The quantitative estimate of drug-likeness (QED) is 0.434. The van der Waals surface area contributed by atoms with E-state index >= 15 is 0 Å². The summed E-state index contributed by atoms with van der Waals surface area (Å²) >= 11 is 0. The van der Waals surface area contributed by atoms with Gasteiger partial charge in [0, 0.05) is 6.20 Å². The fraction of sp³-hybridized carbons (Fsp3) is 0.714. The van der Waals surface area contributed by atoms with E-state index in [4.69, 9.17) is 18.8 Å². The van der Waals surface area contributed by atoms with Gasteiger partial charge in [0.25, 0.3) is 0 Å². The van der Waals surface area contributed by atoms with Crippen LogP contribution in [0.4, 0.5) is 5.82 Å². The largest absolute Gasteiger partial charge is 0.469 e. The molecule has 8 nitrogen and oxygen atoms in total. The van der Waals surface area contributed by atoms with Gasteiger partial charge in [0.1, 0.15) is 11.9 Å². The van der Waals surface area contributed by atoms with Crippen LogP contribution in [-0.4, -0.2) is 44.1 Å². The van der Waals surface area contributed by atoms with Crippen molar-refractivity contribution in [2.45, 2.75) is 90.1 Å². The maximum atomic E-state index is 12.6. The summed E-state index contributed by atoms with van der Waals surface area (Å²) in [6.45, 7) is 22.1. The minimum atomic E-state index is -2.14. The van der Waals surface area contributed by atoms with Crippen molar-refractivity contribution in [2.75, 3.05) is 12.1 Å². The van der Waals surface area contributed by atoms with Crippen molar-refractivity contribution < 1.29 is 18.8 Å². The van der Waals surface area contributed by atoms with E-state index in [1.807, 2.05) is 11.6 Å². The number of rotatable bonds is 7. The predicted molar refractivity (Wildman–Crippen MR) is 127 cm³/mol. The Balaban J connectivity index is 2.33. The molecule has 10 heteroatoms. The number of aromatic nitrogens is 2. The minimum Gasteiger partial charge on any atom is -0.469 e. The number of nitrogens with zero attached hydrogens (tertiary/aromatic N) is 2. The molecule has 0 fully saturated rings. The Bertz CT molecular complexity index is 869. The average molecular weight is 470 g/mol. The second-order valence-corrected chi connectivity index (χ2v) is 20.7. The summed E-state index contributed by atoms with van der Waals surface area (Å²) < 4.78 is 20.5. The van der Waals surface area contributed by atoms with E-state index in [-0.39, 0.29) is 15.9 Å². The van der Waals surface area contributed by atoms with Gasteiger partial charge in [-0.05, 0) is 48.4 Å². The number of hydrogen-bond donors (Lipinski definition) is 2. The van der Waals surface area contributed by atoms with Crippen molar-refractivity contribution >= 4 is 22.5 Å². The third kappa shape index (κ3) is 5.86. The molecule has 31 heavy (non-hydrogen) atoms. The first-order valence-electron chi connectivity index (χ1n) is 10.7. The Labute approximate surface area is 187 Å². The lowest BCUT2D eigenvalue weighted by Crippen LogP contribution is -2.46. The lowest BCUT2D eigenvalue weighted by atomic mass is 10.2. The maximum Gasteiger partial charge on any atom is 0.352 e. The predicted octanol–water partition coefficient (Wildman–Crippen LogP) is 4.87. The molecule has 2 rings (SSSR count). The Kier molecular flexibility index (Phi) is 7.34. The molecule has 0 bridgehead atoms. The molecule has 0 amide bonds. The van der Waals surface area contributed by atoms with E-state index in [1.54, 1.807) is 6.20 Å². The summed E-state index contributed by atoms with van der Waals surface area (Å²) in [7, 11) is -4.11. The van der Waals surface area contributed by atoms with E-state index in [9.17, 15) is 4.79 Å². The van der Waals surface area contributed by atoms with Gasteiger partial charge in [-0.1, -0.05) is 41.5 Å². The smallest absolute Gasteiger partial charge is 0.352 e. The molecule has 0 aliphatic carbocycles. The topological polar surface area (TPSA) is 94.8 Å². The Morgan fingerprint density at radius 3 is 2.19 bits per heavy atom. The van der Waals surface area contributed by atoms with Gasteiger partial charge in [0.2, 0.25) is 6.23 Å². The highest BCUT2D eigenvalue weighted by Crippen LogP contribution is 2.41. The summed E-state index contributed by atoms with van der Waals surface area (Å²) in [5, 5.41) is 9.11. The molecule has 2 unspecified atom stereocenters. The molecule has 2 N–H and O–H groups in total. The summed E-state index contributed by atoms with van der Waals surface area (Å²) in [5.74, 6) is 0.741. The van der Waals surface area contributed by atoms with Crippen molar-refractivity contribution in [3.8, 4) is 0 Å². The van der Waals surface area contributed by atoms with E-state index in [1.165, 1.54) is 10.6 Å². The summed E-state index contributed by atoms with van der Waals surface area (Å²) in [5.41, 5.74) is 1.36. The molecule has 0 saturated carbocycles. The Morgan fingerprint density at radius 2 is 1.71 bits per heavy atom. The molecule has 1 aromatic heterocycles. The number of ether oxygens (including phenoxy) is 1. The van der Waals surface area contributed by atoms with Crippen LogP contribution < -0.4 is 11.2 Å². The van der Waals surface area contributed by atoms with Crippen molar-refractivity contribution in [1.29, 1.82) is 0 Å². The van der Waals surface area contributed by atoms with E-state index < -0.39 is 34.7 Å². The molecule has 1 aliphatic rings. The van der Waals surface area contributed by atoms with Crippen LogP contribution in [0.3, 0.4) is 0 Å². The van der Waals surface area contributed by atoms with Crippen LogP contribution in [0.1, 0.15) is 47.8 Å². The first-order chi connectivity index (χ1) is 14.0. The van der Waals surface area contributed by atoms with Gasteiger partial charge >= 0.3 is 5.69 Å². The summed E-state index contributed by atoms with van der Waals surface area (Å²) in [4.78, 5) is 16.4. The second kappa shape index (κ2) is 8.82. The average Bonchev–Trinajstić information content (AvgIpc) is 2.99. The van der Waals surface area contributed by atoms with Crippen LogP contribution in [0.25, 0.3) is 0 Å². The van der Waals surface area contributed by atoms with E-state index in [0.29, 0.717) is 12.4 Å². The van der Waals surface area contributed by atoms with E-state index in [0.717, 1.165) is 0 Å². The normalized spacial score (nSPS) is 20.4. The van der Waals surface area contributed by atoms with Crippen LogP contribution in [0.2, 0.25) is 36.3 Å². The monoisotopic (exact) mass is 469 g/mol. The van der Waals surface area contributed by atoms with Crippen molar-refractivity contribution in [2.24, 2.45) is 0 Å². The summed E-state index contributed by atoms with van der Waals surface area (Å²) in [6.07, 6.45) is 2.36. The summed E-state index contributed by atoms with van der Waals surface area (Å²) in [6, 6.07) is 1.51. The van der Waals surface area contributed by atoms with Gasteiger partial charge in [-0.3, -0.25) is 15.3 Å². The fourth-order valence-electron chi connectivity index (χ4n) is 2.57. The SMILES string of the molecule is CC(C)(C)[Si](C)(C)OCC1=CC(O[Si](C)(C)C(C)(C)C)C(n2ccc(NO)nc2=O)O1. The highest BCUT2D eigenvalue weighted by Gasteiger charge is 2.44. The molecular weight excluding hydrogens is 430 g/mol. The third-order valence-corrected chi connectivity index (χ3v) is 15.7. The number of hydrogen-bond acceptors (Lipinski definition) is 7. The second-order valence-electron chi connectivity index (χ2n) is 11.1. The maximum absolute atomic E-state index is 12.6. The zero-order valence-electron chi connectivity index (χ0n) is 20.6. The van der Waals surface area contributed by atoms with Crippen LogP contribution in [0, 0.1) is 0 Å². The lowest BCUT2D eigenvalue weighted by molar-refractivity contribution is -0.00474. The van der Waals surface area contributed by atoms with Gasteiger partial charge in [-0.2, -0.15) is 4.98 Å². The molecule has 2 atom stereocenters. The third-order valence-electron chi connectivity index (χ3n) is 6.74. The fourth-order valence-corrected chi connectivity index (χ4v) is 4.72. The van der Waals surface area contributed by atoms with Crippen LogP contribution >= 0.6 is 0 Å². The molecule has 0 saturated heterocycles. The molecule has 1 aromatic rings. The van der Waals surface area contributed by atoms with Crippen LogP contribution in [0.5, 0.6) is 0 Å². The number of anilines is 1. The van der Waals surface area contributed by atoms with Gasteiger partial charge in [-0.25, -0.2) is 4.79 Å². The van der Waals surface area contributed by atoms with Gasteiger partial charge < -0.3 is 13.6 Å². The van der Waals surface area contributed by atoms with E-state index in [2.05, 4.69) is 72.7 Å². The van der Waals surface area contributed by atoms with Crippen LogP contribution in [0.15, 0.2) is 28.9 Å². The zero-order valence-corrected chi connectivity index (χ0v) is 22.6. The van der Waals surface area contributed by atoms with Crippen molar-refractivity contribution in [3.05, 3.63) is 34.6 Å². The van der Waals surface area contributed by atoms with Gasteiger partial charge in [-0.15, -0.1) is 0 Å². The lowest BCUT2D eigenvalue weighted by Gasteiger charge is -2.39. The highest BCUT2D eigenvalue weighted by molar-refractivity contribution is 6.74. The Morgan fingerprint density at radius 1 is 1.13 bits per heavy atom. The van der Waals surface area contributed by atoms with Crippen LogP contribution in [-0.2, 0) is 13.6 Å². The minimum absolute atomic E-state index is 0.000337. The zero-order chi connectivity index (χ0) is 23.8. The molecule has 0 aromatic carbocycles. The molecular formula is C21H39N3O5Si2. The number of nitrogens with one attached hydrogen (secondary N) is 1. The van der Waals surface area contributed by atoms with Crippen molar-refractivity contribution in [1.82, 2.24) is 9.55 Å². The first-order valence-corrected chi connectivity index (χ1v) is 16.5. The van der Waals surface area contributed by atoms with Crippen molar-refractivity contribution in [3.63, 3.8) is 0 Å². The standard InChI is InChI=1S/C21H39N3O5Si2/c1-20(2,3)30(7,8)27-14-15-13-16(29-31(9,10)21(4,5)6)18(28-15)24-12-11-17(23-26)22-19(24)25/h11-13,16,18,26H,14H2,1-10H3,(H,22,23,25). The van der Waals surface area contributed by atoms with Gasteiger partial charge in [0.15, 0.2) is 22.5 Å². The molecule has 0 radical (unpaired) electrons. The molecule has 2 heterocycles. The van der Waals surface area contributed by atoms with Gasteiger partial charge in [0.05, 0.1) is 6.61 Å². The first kappa shape index (κ1) is 25.8. The highest BCUT2D eigenvalue weighted by atomic mass is 28.4. The molecule has 0 spiro atoms.